The monoisotopic (exact) mass is 241 g/mol. The molecule has 2 N–H and O–H groups in total. The highest BCUT2D eigenvalue weighted by Crippen LogP contribution is 2.27. The average Bonchev–Trinajstić information content (AvgIpc) is 2.82. The molecule has 0 fully saturated rings. The first-order valence-corrected chi connectivity index (χ1v) is 5.80. The number of nitrogens with two attached hydrogens (primary N) is 1. The molecule has 0 saturated heterocycles. The zero-order valence-electron chi connectivity index (χ0n) is 10.7. The molecule has 0 bridgehead atoms. The molecule has 18 heavy (non-hydrogen) atoms. The van der Waals surface area contributed by atoms with Crippen LogP contribution >= 0.6 is 0 Å². The Kier molecular flexibility index (Phi) is 2.16. The minimum Gasteiger partial charge on any atom is -0.383 e. The quantitative estimate of drug-likeness (QED) is 0.708. The molecule has 0 unspecified atom stereocenters. The van der Waals surface area contributed by atoms with E-state index in [0.717, 1.165) is 22.7 Å². The van der Waals surface area contributed by atoms with Crippen LogP contribution in [0.15, 0.2) is 24.7 Å². The van der Waals surface area contributed by atoms with Gasteiger partial charge >= 0.3 is 0 Å². The standard InChI is InChI=1S/C13H15N5/c1-8-4-9(2)18-11(5-8)16-12(13(18)14)10-6-15-7-17(10)3/h4-7H,14H2,1-3H3. The van der Waals surface area contributed by atoms with Crippen LogP contribution in [0.4, 0.5) is 5.82 Å². The summed E-state index contributed by atoms with van der Waals surface area (Å²) in [5.74, 6) is 0.658. The van der Waals surface area contributed by atoms with Crippen LogP contribution in [-0.4, -0.2) is 18.9 Å². The molecule has 0 aliphatic rings. The maximum Gasteiger partial charge on any atom is 0.139 e. The largest absolute Gasteiger partial charge is 0.383 e. The molecular formula is C13H15N5. The molecule has 0 aromatic carbocycles. The highest BCUT2D eigenvalue weighted by Gasteiger charge is 2.15. The fraction of sp³-hybridized carbons (Fsp3) is 0.231. The van der Waals surface area contributed by atoms with E-state index >= 15 is 0 Å². The Hall–Kier alpha value is -2.30. The fourth-order valence-electron chi connectivity index (χ4n) is 2.33. The van der Waals surface area contributed by atoms with Crippen molar-refractivity contribution < 1.29 is 0 Å². The lowest BCUT2D eigenvalue weighted by Crippen LogP contribution is -1.99. The van der Waals surface area contributed by atoms with E-state index in [4.69, 9.17) is 5.73 Å². The first-order chi connectivity index (χ1) is 8.58. The van der Waals surface area contributed by atoms with Crippen LogP contribution in [0.5, 0.6) is 0 Å². The van der Waals surface area contributed by atoms with Gasteiger partial charge in [0, 0.05) is 12.7 Å². The van der Waals surface area contributed by atoms with E-state index in [1.54, 1.807) is 12.5 Å². The summed E-state index contributed by atoms with van der Waals surface area (Å²) in [7, 11) is 1.93. The van der Waals surface area contributed by atoms with Gasteiger partial charge in [-0.15, -0.1) is 0 Å². The minimum absolute atomic E-state index is 0.658. The van der Waals surface area contributed by atoms with E-state index < -0.39 is 0 Å². The number of rotatable bonds is 1. The molecule has 3 rings (SSSR count). The van der Waals surface area contributed by atoms with E-state index in [1.165, 1.54) is 5.56 Å². The second kappa shape index (κ2) is 3.60. The Bertz CT molecular complexity index is 735. The first-order valence-electron chi connectivity index (χ1n) is 5.80. The van der Waals surface area contributed by atoms with E-state index in [-0.39, 0.29) is 0 Å². The van der Waals surface area contributed by atoms with Crippen LogP contribution in [-0.2, 0) is 7.05 Å². The summed E-state index contributed by atoms with van der Waals surface area (Å²) in [4.78, 5) is 8.72. The molecule has 3 aromatic rings. The third-order valence-corrected chi connectivity index (χ3v) is 3.14. The zero-order valence-corrected chi connectivity index (χ0v) is 10.7. The smallest absolute Gasteiger partial charge is 0.139 e. The van der Waals surface area contributed by atoms with Crippen molar-refractivity contribution in [1.29, 1.82) is 0 Å². The topological polar surface area (TPSA) is 61.1 Å². The molecule has 3 heterocycles. The third kappa shape index (κ3) is 1.40. The van der Waals surface area contributed by atoms with Gasteiger partial charge in [0.25, 0.3) is 0 Å². The first kappa shape index (κ1) is 10.8. The Balaban J connectivity index is 2.36. The summed E-state index contributed by atoms with van der Waals surface area (Å²) in [5.41, 5.74) is 11.1. The van der Waals surface area contributed by atoms with Crippen LogP contribution in [0.1, 0.15) is 11.3 Å². The number of fused-ring (bicyclic) bond motifs is 1. The maximum absolute atomic E-state index is 6.21. The van der Waals surface area contributed by atoms with Gasteiger partial charge in [-0.05, 0) is 31.5 Å². The lowest BCUT2D eigenvalue weighted by atomic mass is 10.2. The van der Waals surface area contributed by atoms with Crippen molar-refractivity contribution in [3.63, 3.8) is 0 Å². The Morgan fingerprint density at radius 1 is 1.22 bits per heavy atom. The van der Waals surface area contributed by atoms with E-state index in [0.29, 0.717) is 5.82 Å². The van der Waals surface area contributed by atoms with Crippen molar-refractivity contribution in [3.8, 4) is 11.4 Å². The second-order valence-electron chi connectivity index (χ2n) is 4.60. The van der Waals surface area contributed by atoms with Crippen molar-refractivity contribution >= 4 is 11.5 Å². The lowest BCUT2D eigenvalue weighted by molar-refractivity contribution is 0.918. The number of hydrogen-bond acceptors (Lipinski definition) is 3. The van der Waals surface area contributed by atoms with Crippen molar-refractivity contribution in [2.24, 2.45) is 7.05 Å². The number of aromatic nitrogens is 4. The van der Waals surface area contributed by atoms with Crippen LogP contribution in [0.2, 0.25) is 0 Å². The number of pyridine rings is 1. The fourth-order valence-corrected chi connectivity index (χ4v) is 2.33. The Morgan fingerprint density at radius 3 is 2.67 bits per heavy atom. The van der Waals surface area contributed by atoms with Gasteiger partial charge in [0.2, 0.25) is 0 Å². The molecule has 0 spiro atoms. The van der Waals surface area contributed by atoms with Gasteiger partial charge in [0.1, 0.15) is 17.2 Å². The number of nitrogen functional groups attached to an aromatic ring is 1. The van der Waals surface area contributed by atoms with Gasteiger partial charge in [-0.2, -0.15) is 0 Å². The third-order valence-electron chi connectivity index (χ3n) is 3.14. The van der Waals surface area contributed by atoms with Gasteiger partial charge in [0.15, 0.2) is 0 Å². The number of nitrogens with zero attached hydrogens (tertiary/aromatic N) is 4. The Morgan fingerprint density at radius 2 is 2.00 bits per heavy atom. The number of anilines is 1. The van der Waals surface area contributed by atoms with E-state index in [9.17, 15) is 0 Å². The van der Waals surface area contributed by atoms with Crippen molar-refractivity contribution in [2.45, 2.75) is 13.8 Å². The van der Waals surface area contributed by atoms with Crippen LogP contribution in [0.25, 0.3) is 17.0 Å². The van der Waals surface area contributed by atoms with Crippen LogP contribution in [0, 0.1) is 13.8 Å². The van der Waals surface area contributed by atoms with E-state index in [2.05, 4.69) is 23.0 Å². The van der Waals surface area contributed by atoms with E-state index in [1.807, 2.05) is 29.0 Å². The second-order valence-corrected chi connectivity index (χ2v) is 4.60. The molecular weight excluding hydrogens is 226 g/mol. The summed E-state index contributed by atoms with van der Waals surface area (Å²) >= 11 is 0. The highest BCUT2D eigenvalue weighted by atomic mass is 15.1. The van der Waals surface area contributed by atoms with Gasteiger partial charge in [-0.25, -0.2) is 9.97 Å². The van der Waals surface area contributed by atoms with Crippen LogP contribution < -0.4 is 5.73 Å². The predicted molar refractivity (Wildman–Crippen MR) is 71.3 cm³/mol. The molecule has 0 aliphatic heterocycles. The van der Waals surface area contributed by atoms with Gasteiger partial charge in [0.05, 0.1) is 18.2 Å². The molecule has 0 atom stereocenters. The van der Waals surface area contributed by atoms with Gasteiger partial charge < -0.3 is 10.3 Å². The summed E-state index contributed by atoms with van der Waals surface area (Å²) in [6.45, 7) is 4.09. The Labute approximate surface area is 105 Å². The number of aryl methyl sites for hydroxylation is 3. The molecule has 0 radical (unpaired) electrons. The minimum atomic E-state index is 0.658. The highest BCUT2D eigenvalue weighted by molar-refractivity contribution is 5.73. The predicted octanol–water partition coefficient (Wildman–Crippen LogP) is 1.93. The van der Waals surface area contributed by atoms with Gasteiger partial charge in [-0.3, -0.25) is 4.40 Å². The van der Waals surface area contributed by atoms with Crippen molar-refractivity contribution in [3.05, 3.63) is 35.9 Å². The number of imidazole rings is 2. The summed E-state index contributed by atoms with van der Waals surface area (Å²) in [6, 6.07) is 4.13. The van der Waals surface area contributed by atoms with Gasteiger partial charge in [-0.1, -0.05) is 0 Å². The van der Waals surface area contributed by atoms with Crippen LogP contribution in [0.3, 0.4) is 0 Å². The molecule has 5 nitrogen and oxygen atoms in total. The molecule has 5 heteroatoms. The zero-order chi connectivity index (χ0) is 12.9. The summed E-state index contributed by atoms with van der Waals surface area (Å²) in [6.07, 6.45) is 3.53. The van der Waals surface area contributed by atoms with Crippen molar-refractivity contribution in [1.82, 2.24) is 18.9 Å². The molecule has 0 amide bonds. The summed E-state index contributed by atoms with van der Waals surface area (Å²) in [5, 5.41) is 0. The molecule has 0 saturated carbocycles. The normalized spacial score (nSPS) is 11.3. The SMILES string of the molecule is Cc1cc(C)n2c(N)c(-c3cncn3C)nc2c1. The number of hydrogen-bond donors (Lipinski definition) is 1. The molecule has 0 aliphatic carbocycles. The maximum atomic E-state index is 6.21. The van der Waals surface area contributed by atoms with Crippen molar-refractivity contribution in [2.75, 3.05) is 5.73 Å². The summed E-state index contributed by atoms with van der Waals surface area (Å²) < 4.78 is 3.88. The lowest BCUT2D eigenvalue weighted by Gasteiger charge is -2.03. The molecule has 92 valence electrons. The average molecular weight is 241 g/mol. The molecule has 3 aromatic heterocycles.